The van der Waals surface area contributed by atoms with Crippen LogP contribution in [0.25, 0.3) is 0 Å². The Labute approximate surface area is 156 Å². The molecule has 0 spiro atoms. The van der Waals surface area contributed by atoms with Gasteiger partial charge in [0.2, 0.25) is 0 Å². The number of ether oxygens (including phenoxy) is 2. The summed E-state index contributed by atoms with van der Waals surface area (Å²) >= 11 is 0. The second kappa shape index (κ2) is 11.1. The van der Waals surface area contributed by atoms with E-state index in [1.165, 1.54) is 0 Å². The van der Waals surface area contributed by atoms with E-state index in [0.29, 0.717) is 38.9 Å². The molecule has 0 radical (unpaired) electrons. The zero-order valence-electron chi connectivity index (χ0n) is 16.4. The number of ketones is 2. The van der Waals surface area contributed by atoms with E-state index in [4.69, 9.17) is 9.47 Å². The first kappa shape index (κ1) is 22.3. The summed E-state index contributed by atoms with van der Waals surface area (Å²) in [5, 5.41) is 0. The minimum Gasteiger partial charge on any atom is -0.466 e. The highest BCUT2D eigenvalue weighted by atomic mass is 16.5. The highest BCUT2D eigenvalue weighted by Gasteiger charge is 2.38. The Morgan fingerprint density at radius 2 is 1.08 bits per heavy atom. The second-order valence-corrected chi connectivity index (χ2v) is 6.95. The molecule has 0 aromatic rings. The maximum Gasteiger partial charge on any atom is 0.309 e. The number of hydrogen-bond donors (Lipinski definition) is 0. The Bertz CT molecular complexity index is 466. The van der Waals surface area contributed by atoms with Gasteiger partial charge >= 0.3 is 11.9 Å². The number of carbonyl (C=O) groups excluding carboxylic acids is 4. The van der Waals surface area contributed by atoms with Crippen molar-refractivity contribution >= 4 is 23.5 Å². The van der Waals surface area contributed by atoms with Gasteiger partial charge in [-0.15, -0.1) is 0 Å². The Morgan fingerprint density at radius 3 is 1.35 bits per heavy atom. The van der Waals surface area contributed by atoms with Crippen LogP contribution in [0.2, 0.25) is 0 Å². The standard InChI is InChI=1S/2C10H16O3/c2*1-3-7-5-8(11)6-9(7)10(12)13-4-2/h2*7,9H,3-6H2,1-2H3/t7-,9+;/m1./s1. The van der Waals surface area contributed by atoms with Crippen molar-refractivity contribution in [3.05, 3.63) is 0 Å². The summed E-state index contributed by atoms with van der Waals surface area (Å²) in [5.74, 6) is 0.100. The van der Waals surface area contributed by atoms with Crippen LogP contribution in [0, 0.1) is 23.7 Å². The molecule has 4 atom stereocenters. The Morgan fingerprint density at radius 1 is 0.731 bits per heavy atom. The summed E-state index contributed by atoms with van der Waals surface area (Å²) in [6, 6.07) is 0. The van der Waals surface area contributed by atoms with Gasteiger partial charge in [-0.05, 0) is 25.7 Å². The van der Waals surface area contributed by atoms with Crippen molar-refractivity contribution in [1.82, 2.24) is 0 Å². The molecule has 2 fully saturated rings. The molecule has 0 bridgehead atoms. The highest BCUT2D eigenvalue weighted by molar-refractivity contribution is 5.89. The number of rotatable bonds is 6. The molecule has 6 nitrogen and oxygen atoms in total. The minimum absolute atomic E-state index is 0.169. The normalized spacial score (nSPS) is 27.7. The summed E-state index contributed by atoms with van der Waals surface area (Å²) in [6.45, 7) is 8.40. The zero-order valence-corrected chi connectivity index (χ0v) is 16.4. The fourth-order valence-corrected chi connectivity index (χ4v) is 3.77. The fourth-order valence-electron chi connectivity index (χ4n) is 3.77. The van der Waals surface area contributed by atoms with Crippen molar-refractivity contribution in [2.45, 2.75) is 66.2 Å². The molecule has 26 heavy (non-hydrogen) atoms. The van der Waals surface area contributed by atoms with Crippen LogP contribution in [-0.4, -0.2) is 36.7 Å². The van der Waals surface area contributed by atoms with E-state index in [9.17, 15) is 19.2 Å². The van der Waals surface area contributed by atoms with Crippen LogP contribution in [0.3, 0.4) is 0 Å². The number of Topliss-reactive ketones (excluding diaryl/α,β-unsaturated/α-hetero) is 2. The van der Waals surface area contributed by atoms with Crippen LogP contribution in [-0.2, 0) is 28.7 Å². The molecule has 0 aromatic carbocycles. The molecule has 0 saturated heterocycles. The van der Waals surface area contributed by atoms with E-state index < -0.39 is 0 Å². The summed E-state index contributed by atoms with van der Waals surface area (Å²) in [5.41, 5.74) is 0. The third-order valence-electron chi connectivity index (χ3n) is 5.24. The lowest BCUT2D eigenvalue weighted by molar-refractivity contribution is -0.150. The summed E-state index contributed by atoms with van der Waals surface area (Å²) < 4.78 is 9.83. The minimum atomic E-state index is -0.194. The first-order valence-corrected chi connectivity index (χ1v) is 9.74. The van der Waals surface area contributed by atoms with Crippen molar-refractivity contribution < 1.29 is 28.7 Å². The second-order valence-electron chi connectivity index (χ2n) is 6.95. The molecule has 2 saturated carbocycles. The molecule has 0 amide bonds. The fraction of sp³-hybridized carbons (Fsp3) is 0.800. The molecule has 2 rings (SSSR count). The zero-order chi connectivity index (χ0) is 19.7. The third-order valence-corrected chi connectivity index (χ3v) is 5.24. The number of hydrogen-bond acceptors (Lipinski definition) is 6. The largest absolute Gasteiger partial charge is 0.466 e. The lowest BCUT2D eigenvalue weighted by Crippen LogP contribution is -2.21. The number of esters is 2. The predicted molar refractivity (Wildman–Crippen MR) is 96.3 cm³/mol. The topological polar surface area (TPSA) is 86.7 Å². The van der Waals surface area contributed by atoms with Gasteiger partial charge in [0, 0.05) is 25.7 Å². The first-order valence-electron chi connectivity index (χ1n) is 9.74. The lowest BCUT2D eigenvalue weighted by atomic mass is 9.94. The van der Waals surface area contributed by atoms with Gasteiger partial charge in [-0.25, -0.2) is 0 Å². The Balaban J connectivity index is 0.000000260. The van der Waals surface area contributed by atoms with E-state index in [2.05, 4.69) is 0 Å². The van der Waals surface area contributed by atoms with Crippen LogP contribution in [0.4, 0.5) is 0 Å². The Hall–Kier alpha value is -1.72. The Kier molecular flexibility index (Phi) is 9.52. The van der Waals surface area contributed by atoms with E-state index in [0.717, 1.165) is 12.8 Å². The van der Waals surface area contributed by atoms with Crippen LogP contribution in [0.15, 0.2) is 0 Å². The van der Waals surface area contributed by atoms with Gasteiger partial charge in [0.25, 0.3) is 0 Å². The molecule has 2 aliphatic carbocycles. The van der Waals surface area contributed by atoms with Crippen molar-refractivity contribution in [2.24, 2.45) is 23.7 Å². The molecular formula is C20H32O6. The van der Waals surface area contributed by atoms with Gasteiger partial charge in [0.15, 0.2) is 0 Å². The van der Waals surface area contributed by atoms with E-state index in [1.54, 1.807) is 13.8 Å². The molecule has 0 aliphatic heterocycles. The third kappa shape index (κ3) is 6.22. The SMILES string of the molecule is CCOC(=O)C1CC(=O)CC1CC.CCOC(=O)[C@H]1CC(=O)C[C@H]1CC. The predicted octanol–water partition coefficient (Wildman–Crippen LogP) is 3.11. The van der Waals surface area contributed by atoms with Gasteiger partial charge < -0.3 is 9.47 Å². The van der Waals surface area contributed by atoms with Crippen LogP contribution < -0.4 is 0 Å². The van der Waals surface area contributed by atoms with Gasteiger partial charge in [-0.1, -0.05) is 26.7 Å². The van der Waals surface area contributed by atoms with Gasteiger partial charge in [-0.2, -0.15) is 0 Å². The quantitative estimate of drug-likeness (QED) is 0.670. The molecule has 0 heterocycles. The maximum absolute atomic E-state index is 11.4. The molecule has 2 aliphatic rings. The van der Waals surface area contributed by atoms with Crippen LogP contribution in [0.5, 0.6) is 0 Å². The van der Waals surface area contributed by atoms with E-state index >= 15 is 0 Å². The van der Waals surface area contributed by atoms with Gasteiger partial charge in [0.1, 0.15) is 11.6 Å². The molecule has 2 unspecified atom stereocenters. The van der Waals surface area contributed by atoms with E-state index in [1.807, 2.05) is 13.8 Å². The van der Waals surface area contributed by atoms with Crippen molar-refractivity contribution in [1.29, 1.82) is 0 Å². The van der Waals surface area contributed by atoms with Gasteiger partial charge in [0.05, 0.1) is 25.0 Å². The first-order chi connectivity index (χ1) is 12.4. The summed E-state index contributed by atoms with van der Waals surface area (Å²) in [4.78, 5) is 45.0. The monoisotopic (exact) mass is 368 g/mol. The maximum atomic E-state index is 11.4. The van der Waals surface area contributed by atoms with Crippen molar-refractivity contribution in [3.8, 4) is 0 Å². The average molecular weight is 368 g/mol. The molecule has 6 heteroatoms. The van der Waals surface area contributed by atoms with E-state index in [-0.39, 0.29) is 47.2 Å². The molecule has 148 valence electrons. The van der Waals surface area contributed by atoms with Gasteiger partial charge in [-0.3, -0.25) is 19.2 Å². The highest BCUT2D eigenvalue weighted by Crippen LogP contribution is 2.33. The molecular weight excluding hydrogens is 336 g/mol. The average Bonchev–Trinajstić information content (AvgIpc) is 3.18. The molecule has 0 N–H and O–H groups in total. The van der Waals surface area contributed by atoms with Crippen molar-refractivity contribution in [3.63, 3.8) is 0 Å². The summed E-state index contributed by atoms with van der Waals surface area (Å²) in [6.07, 6.45) is 3.65. The van der Waals surface area contributed by atoms with Crippen molar-refractivity contribution in [2.75, 3.05) is 13.2 Å². The van der Waals surface area contributed by atoms with Crippen LogP contribution in [0.1, 0.15) is 66.2 Å². The number of carbonyl (C=O) groups is 4. The smallest absolute Gasteiger partial charge is 0.309 e. The summed E-state index contributed by atoms with van der Waals surface area (Å²) in [7, 11) is 0. The molecule has 0 aromatic heterocycles. The van der Waals surface area contributed by atoms with Crippen LogP contribution >= 0.6 is 0 Å². The lowest BCUT2D eigenvalue weighted by Gasteiger charge is -2.14.